The van der Waals surface area contributed by atoms with E-state index in [1.807, 2.05) is 45.3 Å². The van der Waals surface area contributed by atoms with Gasteiger partial charge in [-0.05, 0) is 103 Å². The van der Waals surface area contributed by atoms with Crippen molar-refractivity contribution in [3.05, 3.63) is 81.5 Å². The quantitative estimate of drug-likeness (QED) is 0.0400. The summed E-state index contributed by atoms with van der Waals surface area (Å²) in [5.74, 6) is 1.31. The number of benzene rings is 2. The molecule has 1 aliphatic carbocycles. The van der Waals surface area contributed by atoms with Crippen LogP contribution in [0.3, 0.4) is 0 Å². The van der Waals surface area contributed by atoms with Gasteiger partial charge in [-0.15, -0.1) is 58.1 Å². The summed E-state index contributed by atoms with van der Waals surface area (Å²) < 4.78 is 20.0. The van der Waals surface area contributed by atoms with Crippen molar-refractivity contribution in [1.82, 2.24) is 17.5 Å². The monoisotopic (exact) mass is 1370 g/mol. The van der Waals surface area contributed by atoms with E-state index in [1.165, 1.54) is 189 Å². The summed E-state index contributed by atoms with van der Waals surface area (Å²) in [6.07, 6.45) is 25.0. The number of nitrogens with zero attached hydrogens (tertiary/aromatic N) is 4. The number of fused-ring (bicyclic) bond motifs is 5. The molecule has 366 valence electrons. The summed E-state index contributed by atoms with van der Waals surface area (Å²) in [4.78, 5) is 10.9. The molecular formula is C57H68N4S6W2-2. The maximum atomic E-state index is 5.04. The van der Waals surface area contributed by atoms with Crippen LogP contribution in [0.2, 0.25) is 0 Å². The molecule has 1 aliphatic rings. The Kier molecular flexibility index (Phi) is 20.7. The second kappa shape index (κ2) is 26.0. The molecule has 0 radical (unpaired) electrons. The third kappa shape index (κ3) is 11.8. The smallest absolute Gasteiger partial charge is 0.0572 e. The second-order valence-electron chi connectivity index (χ2n) is 19.3. The number of rotatable bonds is 26. The average Bonchev–Trinajstić information content (AvgIpc) is 4.22. The second-order valence-corrected chi connectivity index (χ2v) is 24.8. The van der Waals surface area contributed by atoms with Crippen LogP contribution in [-0.4, -0.2) is 17.5 Å². The Morgan fingerprint density at radius 1 is 0.478 bits per heavy atom. The van der Waals surface area contributed by atoms with Crippen LogP contribution < -0.4 is 0 Å². The Hall–Kier alpha value is -1.74. The van der Waals surface area contributed by atoms with Gasteiger partial charge in [0.25, 0.3) is 0 Å². The molecule has 0 saturated heterocycles. The van der Waals surface area contributed by atoms with Gasteiger partial charge >= 0.3 is 0 Å². The van der Waals surface area contributed by atoms with Crippen LogP contribution in [0.4, 0.5) is 0 Å². The fraction of sp³-hybridized carbons (Fsp3) is 0.509. The minimum atomic E-state index is -0.0712. The number of hydrogen-bond acceptors (Lipinski definition) is 10. The van der Waals surface area contributed by atoms with E-state index in [1.54, 1.807) is 11.1 Å². The molecule has 9 rings (SSSR count). The molecule has 0 saturated carbocycles. The SMILES string of the molecule is CCCCCCc1ccc(-c2[c-]cc(-c3cc4c(s3)-c3sc(-c5c[c-]c(-c6ccc(CCCCCC)s6)c6nsnc56)cc3C4(CC(CC)CCCC)CC(CC)CCCC)c3nsnc23)s1.[W].[W]. The molecule has 69 heavy (non-hydrogen) atoms. The van der Waals surface area contributed by atoms with Gasteiger partial charge in [0.2, 0.25) is 0 Å². The summed E-state index contributed by atoms with van der Waals surface area (Å²) in [5, 5.41) is 0. The van der Waals surface area contributed by atoms with Crippen molar-refractivity contribution in [2.45, 2.75) is 175 Å². The first-order chi connectivity index (χ1) is 32.9. The number of unbranched alkanes of at least 4 members (excludes halogenated alkanes) is 8. The van der Waals surface area contributed by atoms with E-state index in [9.17, 15) is 0 Å². The first-order valence-corrected chi connectivity index (χ1v) is 30.5. The number of aryl methyl sites for hydroxylation is 2. The van der Waals surface area contributed by atoms with Crippen LogP contribution in [-0.2, 0) is 60.4 Å². The molecule has 4 nitrogen and oxygen atoms in total. The zero-order valence-corrected chi connectivity index (χ0v) is 52.2. The maximum Gasteiger partial charge on any atom is 0.0572 e. The molecule has 2 atom stereocenters. The van der Waals surface area contributed by atoms with Crippen LogP contribution >= 0.6 is 68.8 Å². The van der Waals surface area contributed by atoms with E-state index in [-0.39, 0.29) is 47.5 Å². The fourth-order valence-corrected chi connectivity index (χ4v) is 16.7. The molecule has 0 fully saturated rings. The number of aromatic nitrogens is 4. The Balaban J connectivity index is 0.00000352. The van der Waals surface area contributed by atoms with Crippen LogP contribution in [0.1, 0.15) is 178 Å². The van der Waals surface area contributed by atoms with Crippen molar-refractivity contribution in [2.24, 2.45) is 11.8 Å². The van der Waals surface area contributed by atoms with E-state index in [0.29, 0.717) is 11.8 Å². The van der Waals surface area contributed by atoms with Crippen molar-refractivity contribution >= 4 is 90.9 Å². The Morgan fingerprint density at radius 3 is 1.30 bits per heavy atom. The van der Waals surface area contributed by atoms with E-state index < -0.39 is 0 Å². The molecule has 0 bridgehead atoms. The molecular weight excluding hydrogens is 1300 g/mol. The van der Waals surface area contributed by atoms with Gasteiger partial charge in [0.1, 0.15) is 0 Å². The van der Waals surface area contributed by atoms with Crippen molar-refractivity contribution in [3.63, 3.8) is 0 Å². The van der Waals surface area contributed by atoms with Crippen molar-refractivity contribution in [3.8, 4) is 51.5 Å². The molecule has 12 heteroatoms. The van der Waals surface area contributed by atoms with Crippen molar-refractivity contribution < 1.29 is 42.1 Å². The Labute approximate surface area is 466 Å². The topological polar surface area (TPSA) is 51.6 Å². The van der Waals surface area contributed by atoms with Crippen LogP contribution in [0, 0.1) is 24.0 Å². The Bertz CT molecular complexity index is 2670. The zero-order valence-electron chi connectivity index (χ0n) is 41.5. The summed E-state index contributed by atoms with van der Waals surface area (Å²) >= 11 is 10.5. The summed E-state index contributed by atoms with van der Waals surface area (Å²) in [7, 11) is 0. The fourth-order valence-electron chi connectivity index (χ4n) is 10.8. The molecule has 6 heterocycles. The predicted molar refractivity (Wildman–Crippen MR) is 297 cm³/mol. The average molecular weight is 1370 g/mol. The molecule has 8 aromatic rings. The molecule has 0 aliphatic heterocycles. The van der Waals surface area contributed by atoms with E-state index >= 15 is 0 Å². The van der Waals surface area contributed by atoms with Crippen LogP contribution in [0.5, 0.6) is 0 Å². The molecule has 0 amide bonds. The molecule has 6 aromatic heterocycles. The first kappa shape index (κ1) is 55.0. The van der Waals surface area contributed by atoms with Gasteiger partial charge in [-0.1, -0.05) is 167 Å². The summed E-state index contributed by atoms with van der Waals surface area (Å²) in [6.45, 7) is 14.2. The molecule has 2 aromatic carbocycles. The van der Waals surface area contributed by atoms with Gasteiger partial charge in [-0.25, -0.2) is 8.75 Å². The van der Waals surface area contributed by atoms with Crippen LogP contribution in [0.25, 0.3) is 73.6 Å². The van der Waals surface area contributed by atoms with Gasteiger partial charge in [0.05, 0.1) is 23.5 Å². The minimum Gasteiger partial charge on any atom is -0.224 e. The molecule has 0 N–H and O–H groups in total. The number of hydrogen-bond donors (Lipinski definition) is 0. The van der Waals surface area contributed by atoms with Crippen molar-refractivity contribution in [1.29, 1.82) is 0 Å². The van der Waals surface area contributed by atoms with Gasteiger partial charge in [-0.2, -0.15) is 31.4 Å². The third-order valence-corrected chi connectivity index (χ3v) is 20.5. The third-order valence-electron chi connectivity index (χ3n) is 14.6. The van der Waals surface area contributed by atoms with Crippen molar-refractivity contribution in [2.75, 3.05) is 0 Å². The van der Waals surface area contributed by atoms with Gasteiger partial charge < -0.3 is 0 Å². The van der Waals surface area contributed by atoms with E-state index in [0.717, 1.165) is 46.0 Å². The number of thiophene rings is 4. The summed E-state index contributed by atoms with van der Waals surface area (Å²) in [6, 6.07) is 26.5. The Morgan fingerprint density at radius 2 is 0.899 bits per heavy atom. The maximum absolute atomic E-state index is 5.04. The van der Waals surface area contributed by atoms with Crippen LogP contribution in [0.15, 0.2) is 48.5 Å². The first-order valence-electron chi connectivity index (χ1n) is 25.7. The largest absolute Gasteiger partial charge is 0.224 e. The van der Waals surface area contributed by atoms with Gasteiger partial charge in [-0.3, -0.25) is 0 Å². The normalized spacial score (nSPS) is 13.7. The van der Waals surface area contributed by atoms with E-state index in [4.69, 9.17) is 17.5 Å². The van der Waals surface area contributed by atoms with Gasteiger partial charge in [0.15, 0.2) is 0 Å². The molecule has 2 unspecified atom stereocenters. The minimum absolute atomic E-state index is 0. The van der Waals surface area contributed by atoms with E-state index in [2.05, 4.69) is 102 Å². The van der Waals surface area contributed by atoms with Gasteiger partial charge in [0, 0.05) is 79.4 Å². The standard InChI is InChI=1S/C57H68N4S6.2W/c1-7-13-17-19-23-39-25-31-47(62-39)41-27-29-43(53-51(41)58-66-60-53)49-33-45-55(64-49)56-46(57(45,35-37(11-5)21-15-9-3)36-38(12-6)22-16-10-4)34-50(65-56)44-30-28-42(52-54(44)61-67-59-52)48-32-26-40(63-48)24-20-18-14-8-2;;/h25-26,29-34,37-38H,7-24,35-36H2,1-6H3;;/q-2;;. The zero-order chi connectivity index (χ0) is 46.3. The molecule has 0 spiro atoms. The summed E-state index contributed by atoms with van der Waals surface area (Å²) in [5.41, 5.74) is 11.6. The predicted octanol–water partition coefficient (Wildman–Crippen LogP) is 19.9.